The number of amides is 1. The molecule has 0 aliphatic heterocycles. The van der Waals surface area contributed by atoms with E-state index < -0.39 is 42.3 Å². The number of carboxylic acids is 2. The van der Waals surface area contributed by atoms with E-state index in [2.05, 4.69) is 26.7 Å². The van der Waals surface area contributed by atoms with E-state index in [9.17, 15) is 24.0 Å². The highest BCUT2D eigenvalue weighted by Gasteiger charge is 2.25. The average molecular weight is 527 g/mol. The minimum absolute atomic E-state index is 0.0674. The lowest BCUT2D eigenvalue weighted by Gasteiger charge is -2.14. The van der Waals surface area contributed by atoms with Crippen LogP contribution in [0, 0.1) is 0 Å². The summed E-state index contributed by atoms with van der Waals surface area (Å²) in [4.78, 5) is 59.3. The smallest absolute Gasteiger partial charge is 0.408 e. The van der Waals surface area contributed by atoms with Crippen LogP contribution in [-0.2, 0) is 14.3 Å². The lowest BCUT2D eigenvalue weighted by atomic mass is 10.0. The number of Topliss-reactive ketones (excluding diaryl/α,β-unsaturated/α-hetero) is 2. The van der Waals surface area contributed by atoms with Crippen molar-refractivity contribution in [2.75, 3.05) is 12.3 Å². The van der Waals surface area contributed by atoms with E-state index in [0.29, 0.717) is 11.3 Å². The number of nitrogen functional groups attached to an aromatic ring is 1. The third-order valence-electron chi connectivity index (χ3n) is 4.65. The first-order chi connectivity index (χ1) is 18.0. The zero-order valence-corrected chi connectivity index (χ0v) is 20.0. The molecule has 2 unspecified atom stereocenters. The van der Waals surface area contributed by atoms with Gasteiger partial charge in [-0.1, -0.05) is 54.2 Å². The fraction of sp³-hybridized carbons (Fsp3) is 0.208. The number of carbonyl (C=O) groups is 5. The fourth-order valence-corrected chi connectivity index (χ4v) is 2.81. The van der Waals surface area contributed by atoms with Crippen LogP contribution in [0.5, 0.6) is 0 Å². The van der Waals surface area contributed by atoms with E-state index in [1.807, 2.05) is 0 Å². The Hall–Kier alpha value is -5.20. The van der Waals surface area contributed by atoms with Crippen molar-refractivity contribution in [3.63, 3.8) is 0 Å². The summed E-state index contributed by atoms with van der Waals surface area (Å²) < 4.78 is 4.61. The van der Waals surface area contributed by atoms with Crippen molar-refractivity contribution in [2.45, 2.75) is 24.9 Å². The van der Waals surface area contributed by atoms with Crippen molar-refractivity contribution in [2.24, 2.45) is 10.8 Å². The number of carbonyl (C=O) groups excluding carboxylic acids is 3. The molecule has 14 heteroatoms. The van der Waals surface area contributed by atoms with E-state index in [1.54, 1.807) is 36.4 Å². The Morgan fingerprint density at radius 3 is 2.13 bits per heavy atom. The molecular formula is C24H26N6O8. The van der Waals surface area contributed by atoms with Gasteiger partial charge in [0.05, 0.1) is 0 Å². The van der Waals surface area contributed by atoms with Gasteiger partial charge in [0.25, 0.3) is 0 Å². The van der Waals surface area contributed by atoms with E-state index in [0.717, 1.165) is 0 Å². The molecule has 14 nitrogen and oxygen atoms in total. The average Bonchev–Trinajstić information content (AvgIpc) is 2.88. The molecule has 0 aliphatic rings. The first-order valence-electron chi connectivity index (χ1n) is 10.8. The van der Waals surface area contributed by atoms with Crippen LogP contribution in [0.25, 0.3) is 10.4 Å². The van der Waals surface area contributed by atoms with Crippen LogP contribution in [0.15, 0.2) is 66.3 Å². The summed E-state index contributed by atoms with van der Waals surface area (Å²) in [6, 6.07) is 9.78. The van der Waals surface area contributed by atoms with Gasteiger partial charge in [-0.25, -0.2) is 9.59 Å². The number of hydrogen-bond acceptors (Lipinski definition) is 9. The number of anilines is 1. The molecule has 2 atom stereocenters. The maximum atomic E-state index is 12.2. The van der Waals surface area contributed by atoms with E-state index in [-0.39, 0.29) is 30.1 Å². The number of nitrogens with two attached hydrogens (primary N) is 2. The van der Waals surface area contributed by atoms with Gasteiger partial charge >= 0.3 is 18.0 Å². The van der Waals surface area contributed by atoms with Gasteiger partial charge in [-0.3, -0.25) is 14.4 Å². The lowest BCUT2D eigenvalue weighted by molar-refractivity contribution is -0.139. The monoisotopic (exact) mass is 526 g/mol. The van der Waals surface area contributed by atoms with Crippen LogP contribution in [0.1, 0.15) is 33.6 Å². The van der Waals surface area contributed by atoms with Gasteiger partial charge in [-0.05, 0) is 17.7 Å². The van der Waals surface area contributed by atoms with Crippen molar-refractivity contribution in [3.05, 3.63) is 82.8 Å². The number of para-hydroxylation sites is 1. The van der Waals surface area contributed by atoms with Gasteiger partial charge in [0.15, 0.2) is 11.6 Å². The molecule has 0 aliphatic carbocycles. The van der Waals surface area contributed by atoms with Gasteiger partial charge in [0.2, 0.25) is 0 Å². The number of nitrogens with one attached hydrogen (secondary N) is 1. The minimum Gasteiger partial charge on any atom is -0.480 e. The molecule has 200 valence electrons. The predicted molar refractivity (Wildman–Crippen MR) is 136 cm³/mol. The molecule has 1 amide bonds. The topological polar surface area (TPSA) is 248 Å². The number of nitrogens with zero attached hydrogens (tertiary/aromatic N) is 3. The molecule has 0 radical (unpaired) electrons. The van der Waals surface area contributed by atoms with Crippen molar-refractivity contribution >= 4 is 41.0 Å². The molecule has 0 saturated heterocycles. The number of benzene rings is 2. The van der Waals surface area contributed by atoms with Crippen LogP contribution in [0.2, 0.25) is 0 Å². The molecule has 2 rings (SSSR count). The van der Waals surface area contributed by atoms with E-state index in [4.69, 9.17) is 27.2 Å². The summed E-state index contributed by atoms with van der Waals surface area (Å²) in [5.41, 5.74) is 20.1. The molecule has 0 spiro atoms. The van der Waals surface area contributed by atoms with E-state index >= 15 is 0 Å². The third kappa shape index (κ3) is 10.2. The second kappa shape index (κ2) is 15.7. The fourth-order valence-electron chi connectivity index (χ4n) is 2.81. The van der Waals surface area contributed by atoms with Crippen LogP contribution in [0.4, 0.5) is 16.2 Å². The predicted octanol–water partition coefficient (Wildman–Crippen LogP) is 2.82. The molecule has 2 aromatic rings. The summed E-state index contributed by atoms with van der Waals surface area (Å²) >= 11 is 0. The Labute approximate surface area is 216 Å². The summed E-state index contributed by atoms with van der Waals surface area (Å²) in [6.45, 7) is 3.26. The van der Waals surface area contributed by atoms with Gasteiger partial charge in [0, 0.05) is 40.3 Å². The van der Waals surface area contributed by atoms with Crippen LogP contribution in [0.3, 0.4) is 0 Å². The highest BCUT2D eigenvalue weighted by Crippen LogP contribution is 2.21. The van der Waals surface area contributed by atoms with Crippen molar-refractivity contribution in [1.82, 2.24) is 5.32 Å². The number of carboxylic acid groups (broad SMARTS) is 2. The maximum absolute atomic E-state index is 12.2. The quantitative estimate of drug-likeness (QED) is 0.0675. The van der Waals surface area contributed by atoms with Crippen LogP contribution < -0.4 is 16.8 Å². The number of azide groups is 1. The normalized spacial score (nSPS) is 11.3. The zero-order valence-electron chi connectivity index (χ0n) is 20.0. The zero-order chi connectivity index (χ0) is 28.7. The SMILES string of the molecule is C=CCOC(=O)NC(CC(=O)c1ccccc1N=[N+]=[N-])C(=O)O.Nc1ccccc1C(=O)CC(N)C(=O)O. The molecule has 38 heavy (non-hydrogen) atoms. The van der Waals surface area contributed by atoms with Gasteiger partial charge in [0.1, 0.15) is 18.7 Å². The van der Waals surface area contributed by atoms with Crippen molar-refractivity contribution in [1.29, 1.82) is 0 Å². The second-order valence-electron chi connectivity index (χ2n) is 7.42. The molecule has 2 aromatic carbocycles. The lowest BCUT2D eigenvalue weighted by Crippen LogP contribution is -2.42. The minimum atomic E-state index is -1.47. The Kier molecular flexibility index (Phi) is 12.8. The highest BCUT2D eigenvalue weighted by molar-refractivity contribution is 6.03. The maximum Gasteiger partial charge on any atom is 0.408 e. The standard InChI is InChI=1S/C14H14N4O5.C10H12N2O3/c1-2-7-23-14(22)16-11(13(20)21)8-12(19)9-5-3-4-6-10(9)17-18-15;11-7-4-2-1-3-6(7)9(13)5-8(12)10(14)15/h2-6,11H,1,7-8H2,(H,16,22)(H,20,21);1-4,8H,5,11-12H2,(H,14,15). The van der Waals surface area contributed by atoms with Crippen LogP contribution in [-0.4, -0.2) is 58.5 Å². The molecule has 0 saturated carbocycles. The Morgan fingerprint density at radius 2 is 1.58 bits per heavy atom. The molecule has 0 bridgehead atoms. The molecule has 0 aromatic heterocycles. The number of rotatable bonds is 12. The van der Waals surface area contributed by atoms with Crippen molar-refractivity contribution in [3.8, 4) is 0 Å². The number of hydrogen-bond donors (Lipinski definition) is 5. The third-order valence-corrected chi connectivity index (χ3v) is 4.65. The first-order valence-corrected chi connectivity index (χ1v) is 10.8. The Balaban J connectivity index is 0.000000415. The largest absolute Gasteiger partial charge is 0.480 e. The van der Waals surface area contributed by atoms with Crippen LogP contribution >= 0.6 is 0 Å². The van der Waals surface area contributed by atoms with Gasteiger partial charge < -0.3 is 31.7 Å². The summed E-state index contributed by atoms with van der Waals surface area (Å²) in [6.07, 6.45) is -0.426. The Morgan fingerprint density at radius 1 is 1.00 bits per heavy atom. The number of alkyl carbamates (subject to hydrolysis) is 1. The molecule has 0 heterocycles. The second-order valence-corrected chi connectivity index (χ2v) is 7.42. The Bertz CT molecular complexity index is 1240. The van der Waals surface area contributed by atoms with Gasteiger partial charge in [-0.2, -0.15) is 0 Å². The molecule has 7 N–H and O–H groups in total. The van der Waals surface area contributed by atoms with E-state index in [1.165, 1.54) is 18.2 Å². The first kappa shape index (κ1) is 30.8. The number of aliphatic carboxylic acids is 2. The molecule has 0 fully saturated rings. The highest BCUT2D eigenvalue weighted by atomic mass is 16.5. The van der Waals surface area contributed by atoms with Gasteiger partial charge in [-0.15, -0.1) is 0 Å². The van der Waals surface area contributed by atoms with Crippen molar-refractivity contribution < 1.29 is 38.9 Å². The number of ketones is 2. The summed E-state index contributed by atoms with van der Waals surface area (Å²) in [5, 5.41) is 23.1. The summed E-state index contributed by atoms with van der Waals surface area (Å²) in [5.74, 6) is -3.54. The number of ether oxygens (including phenoxy) is 1. The molecular weight excluding hydrogens is 500 g/mol. The summed E-state index contributed by atoms with van der Waals surface area (Å²) in [7, 11) is 0.